The Morgan fingerprint density at radius 2 is 2.07 bits per heavy atom. The lowest BCUT2D eigenvalue weighted by molar-refractivity contribution is 0.288. The summed E-state index contributed by atoms with van der Waals surface area (Å²) in [6, 6.07) is 6.69. The van der Waals surface area contributed by atoms with E-state index in [-0.39, 0.29) is 0 Å². The summed E-state index contributed by atoms with van der Waals surface area (Å²) >= 11 is 7.39. The molecule has 0 spiro atoms. The molecule has 5 nitrogen and oxygen atoms in total. The van der Waals surface area contributed by atoms with Crippen molar-refractivity contribution in [2.45, 2.75) is 44.7 Å². The lowest BCUT2D eigenvalue weighted by atomic mass is 9.96. The maximum atomic E-state index is 5.55. The van der Waals surface area contributed by atoms with Crippen LogP contribution in [-0.4, -0.2) is 54.0 Å². The smallest absolute Gasteiger partial charge is 0.187 e. The number of benzene rings is 1. The van der Waals surface area contributed by atoms with Gasteiger partial charge in [-0.2, -0.15) is 16.9 Å². The molecule has 0 atom stereocenters. The van der Waals surface area contributed by atoms with Gasteiger partial charge in [-0.15, -0.1) is 0 Å². The second-order valence-electron chi connectivity index (χ2n) is 7.14. The number of hydrazone groups is 1. The Kier molecular flexibility index (Phi) is 8.23. The Labute approximate surface area is 172 Å². The summed E-state index contributed by atoms with van der Waals surface area (Å²) in [5.74, 6) is 3.35. The largest absolute Gasteiger partial charge is 0.496 e. The molecule has 1 heterocycles. The van der Waals surface area contributed by atoms with Gasteiger partial charge in [0.15, 0.2) is 5.11 Å². The molecular weight excluding hydrogens is 376 g/mol. The summed E-state index contributed by atoms with van der Waals surface area (Å²) in [6.45, 7) is 3.18. The number of thiocarbonyl (C=S) groups is 1. The number of hydrogen-bond donors (Lipinski definition) is 2. The highest BCUT2D eigenvalue weighted by Gasteiger charge is 2.14. The van der Waals surface area contributed by atoms with Crippen LogP contribution in [0.1, 0.15) is 43.2 Å². The monoisotopic (exact) mass is 406 g/mol. The van der Waals surface area contributed by atoms with Gasteiger partial charge >= 0.3 is 0 Å². The summed E-state index contributed by atoms with van der Waals surface area (Å²) in [4.78, 5) is 2.48. The third-order valence-corrected chi connectivity index (χ3v) is 6.27. The van der Waals surface area contributed by atoms with Crippen molar-refractivity contribution in [1.29, 1.82) is 0 Å². The van der Waals surface area contributed by atoms with E-state index in [4.69, 9.17) is 17.0 Å². The van der Waals surface area contributed by atoms with Crippen LogP contribution >= 0.6 is 24.0 Å². The van der Waals surface area contributed by atoms with Gasteiger partial charge in [0, 0.05) is 42.7 Å². The van der Waals surface area contributed by atoms with Gasteiger partial charge in [0.05, 0.1) is 13.3 Å². The van der Waals surface area contributed by atoms with Gasteiger partial charge in [-0.25, -0.2) is 0 Å². The zero-order valence-electron chi connectivity index (χ0n) is 16.1. The van der Waals surface area contributed by atoms with E-state index in [1.807, 2.05) is 30.1 Å². The van der Waals surface area contributed by atoms with E-state index in [1.165, 1.54) is 49.2 Å². The number of nitrogens with one attached hydrogen (secondary N) is 2. The second-order valence-corrected chi connectivity index (χ2v) is 8.77. The van der Waals surface area contributed by atoms with E-state index in [0.29, 0.717) is 11.2 Å². The molecule has 1 aromatic rings. The average molecular weight is 407 g/mol. The van der Waals surface area contributed by atoms with E-state index in [1.54, 1.807) is 7.11 Å². The SMILES string of the molecule is COc1ccc(C=NNC(=S)NC2CCCCC2)cc1CN1CCSCC1. The molecule has 0 amide bonds. The maximum absolute atomic E-state index is 5.55. The first-order valence-electron chi connectivity index (χ1n) is 9.81. The molecule has 1 aliphatic carbocycles. The normalized spacial score (nSPS) is 19.1. The summed E-state index contributed by atoms with van der Waals surface area (Å²) in [6.07, 6.45) is 8.13. The van der Waals surface area contributed by atoms with Crippen LogP contribution in [0.3, 0.4) is 0 Å². The molecule has 1 saturated carbocycles. The Bertz CT molecular complexity index is 641. The second kappa shape index (κ2) is 10.9. The van der Waals surface area contributed by atoms with Gasteiger partial charge in [-0.05, 0) is 48.8 Å². The molecule has 2 N–H and O–H groups in total. The van der Waals surface area contributed by atoms with Crippen molar-refractivity contribution < 1.29 is 4.74 Å². The molecule has 148 valence electrons. The van der Waals surface area contributed by atoms with E-state index in [9.17, 15) is 0 Å². The Balaban J connectivity index is 1.54. The first kappa shape index (κ1) is 20.4. The maximum Gasteiger partial charge on any atom is 0.187 e. The molecule has 0 aromatic heterocycles. The molecule has 3 rings (SSSR count). The number of rotatable bonds is 6. The van der Waals surface area contributed by atoms with Crippen LogP contribution in [0.4, 0.5) is 0 Å². The topological polar surface area (TPSA) is 48.9 Å². The molecule has 1 saturated heterocycles. The number of hydrogen-bond acceptors (Lipinski definition) is 5. The average Bonchev–Trinajstić information content (AvgIpc) is 2.70. The minimum atomic E-state index is 0.490. The summed E-state index contributed by atoms with van der Waals surface area (Å²) in [7, 11) is 1.73. The zero-order valence-corrected chi connectivity index (χ0v) is 17.7. The minimum Gasteiger partial charge on any atom is -0.496 e. The summed E-state index contributed by atoms with van der Waals surface area (Å²) in [5, 5.41) is 8.29. The van der Waals surface area contributed by atoms with Gasteiger partial charge in [0.1, 0.15) is 5.75 Å². The molecule has 0 radical (unpaired) electrons. The van der Waals surface area contributed by atoms with Gasteiger partial charge in [0.25, 0.3) is 0 Å². The molecule has 27 heavy (non-hydrogen) atoms. The highest BCUT2D eigenvalue weighted by atomic mass is 32.2. The first-order chi connectivity index (χ1) is 13.2. The third kappa shape index (κ3) is 6.66. The summed E-state index contributed by atoms with van der Waals surface area (Å²) in [5.41, 5.74) is 5.20. The van der Waals surface area contributed by atoms with Crippen molar-refractivity contribution >= 4 is 35.3 Å². The van der Waals surface area contributed by atoms with E-state index < -0.39 is 0 Å². The standard InChI is InChI=1S/C20H30N4OS2/c1-25-19-8-7-16(13-17(19)15-24-9-11-27-12-10-24)14-21-23-20(26)22-18-5-3-2-4-6-18/h7-8,13-14,18H,2-6,9-12,15H2,1H3,(H2,22,23,26). The lowest BCUT2D eigenvalue weighted by Crippen LogP contribution is -2.40. The zero-order chi connectivity index (χ0) is 18.9. The van der Waals surface area contributed by atoms with Crippen molar-refractivity contribution in [3.8, 4) is 5.75 Å². The van der Waals surface area contributed by atoms with Crippen molar-refractivity contribution in [2.24, 2.45) is 5.10 Å². The quantitative estimate of drug-likeness (QED) is 0.429. The van der Waals surface area contributed by atoms with Crippen molar-refractivity contribution in [3.05, 3.63) is 29.3 Å². The Morgan fingerprint density at radius 1 is 1.30 bits per heavy atom. The first-order valence-corrected chi connectivity index (χ1v) is 11.4. The van der Waals surface area contributed by atoms with Gasteiger partial charge in [-0.3, -0.25) is 10.3 Å². The fraction of sp³-hybridized carbons (Fsp3) is 0.600. The molecular formula is C20H30N4OS2. The highest BCUT2D eigenvalue weighted by Crippen LogP contribution is 2.22. The number of methoxy groups -OCH3 is 1. The molecule has 1 aliphatic heterocycles. The van der Waals surface area contributed by atoms with Crippen molar-refractivity contribution in [3.63, 3.8) is 0 Å². The van der Waals surface area contributed by atoms with Crippen LogP contribution in [0.15, 0.2) is 23.3 Å². The number of nitrogens with zero attached hydrogens (tertiary/aromatic N) is 2. The predicted molar refractivity (Wildman–Crippen MR) is 119 cm³/mol. The van der Waals surface area contributed by atoms with E-state index >= 15 is 0 Å². The lowest BCUT2D eigenvalue weighted by Gasteiger charge is -2.26. The highest BCUT2D eigenvalue weighted by molar-refractivity contribution is 7.99. The van der Waals surface area contributed by atoms with Gasteiger partial charge in [0.2, 0.25) is 0 Å². The molecule has 0 bridgehead atoms. The number of thioether (sulfide) groups is 1. The fourth-order valence-electron chi connectivity index (χ4n) is 3.63. The van der Waals surface area contributed by atoms with Gasteiger partial charge < -0.3 is 10.1 Å². The Morgan fingerprint density at radius 3 is 2.81 bits per heavy atom. The fourth-order valence-corrected chi connectivity index (χ4v) is 4.83. The van der Waals surface area contributed by atoms with Gasteiger partial charge in [-0.1, -0.05) is 19.3 Å². The van der Waals surface area contributed by atoms with E-state index in [0.717, 1.165) is 30.9 Å². The molecule has 7 heteroatoms. The molecule has 2 fully saturated rings. The van der Waals surface area contributed by atoms with Crippen LogP contribution in [0.25, 0.3) is 0 Å². The van der Waals surface area contributed by atoms with Crippen molar-refractivity contribution in [1.82, 2.24) is 15.6 Å². The van der Waals surface area contributed by atoms with Crippen molar-refractivity contribution in [2.75, 3.05) is 31.7 Å². The van der Waals surface area contributed by atoms with Crippen LogP contribution < -0.4 is 15.5 Å². The van der Waals surface area contributed by atoms with Crippen LogP contribution in [0.5, 0.6) is 5.75 Å². The van der Waals surface area contributed by atoms with Crippen LogP contribution in [-0.2, 0) is 6.54 Å². The number of ether oxygens (including phenoxy) is 1. The molecule has 2 aliphatic rings. The van der Waals surface area contributed by atoms with E-state index in [2.05, 4.69) is 26.8 Å². The predicted octanol–water partition coefficient (Wildman–Crippen LogP) is 3.37. The third-order valence-electron chi connectivity index (χ3n) is 5.12. The molecule has 0 unspecified atom stereocenters. The van der Waals surface area contributed by atoms with Crippen LogP contribution in [0.2, 0.25) is 0 Å². The Hall–Kier alpha value is -1.31. The summed E-state index contributed by atoms with van der Waals surface area (Å²) < 4.78 is 5.55. The minimum absolute atomic E-state index is 0.490. The molecule has 1 aromatic carbocycles. The van der Waals surface area contributed by atoms with Crippen LogP contribution in [0, 0.1) is 0 Å².